The summed E-state index contributed by atoms with van der Waals surface area (Å²) in [6.07, 6.45) is 0. The highest BCUT2D eigenvalue weighted by molar-refractivity contribution is 6.42. The Hall–Kier alpha value is -2.50. The second-order valence-electron chi connectivity index (χ2n) is 5.30. The van der Waals surface area contributed by atoms with Crippen LogP contribution in [-0.2, 0) is 0 Å². The van der Waals surface area contributed by atoms with Crippen molar-refractivity contribution >= 4 is 46.3 Å². The summed E-state index contributed by atoms with van der Waals surface area (Å²) in [4.78, 5) is 8.90. The maximum absolute atomic E-state index is 6.05. The molecule has 7 heteroatoms. The molecule has 0 unspecified atom stereocenters. The van der Waals surface area contributed by atoms with Crippen LogP contribution in [0.15, 0.2) is 48.5 Å². The van der Waals surface area contributed by atoms with Gasteiger partial charge in [-0.15, -0.1) is 0 Å². The molecule has 25 heavy (non-hydrogen) atoms. The summed E-state index contributed by atoms with van der Waals surface area (Å²) < 4.78 is 5.34. The number of hydrogen-bond acceptors (Lipinski definition) is 5. The first-order valence-corrected chi connectivity index (χ1v) is 8.28. The van der Waals surface area contributed by atoms with Gasteiger partial charge in [0.05, 0.1) is 22.8 Å². The van der Waals surface area contributed by atoms with Crippen LogP contribution in [0.5, 0.6) is 5.75 Å². The number of hydrogen-bond donors (Lipinski definition) is 2. The standard InChI is InChI=1S/C18H16Cl2N4O/c1-11-9-17(22-12-7-8-13(19)14(20)10-12)24-18(21-11)23-15-5-3-4-6-16(15)25-2/h3-10H,1-2H3,(H2,21,22,23,24). The van der Waals surface area contributed by atoms with Crippen LogP contribution in [0.3, 0.4) is 0 Å². The van der Waals surface area contributed by atoms with Crippen molar-refractivity contribution in [3.63, 3.8) is 0 Å². The first-order valence-electron chi connectivity index (χ1n) is 7.53. The van der Waals surface area contributed by atoms with Crippen molar-refractivity contribution in [3.05, 3.63) is 64.3 Å². The Kier molecular flexibility index (Phi) is 5.26. The summed E-state index contributed by atoms with van der Waals surface area (Å²) in [7, 11) is 1.62. The van der Waals surface area contributed by atoms with Gasteiger partial charge in [0.2, 0.25) is 5.95 Å². The molecule has 0 bridgehead atoms. The third-order valence-corrected chi connectivity index (χ3v) is 4.14. The minimum atomic E-state index is 0.465. The largest absolute Gasteiger partial charge is 0.495 e. The van der Waals surface area contributed by atoms with E-state index < -0.39 is 0 Å². The van der Waals surface area contributed by atoms with E-state index in [0.29, 0.717) is 27.6 Å². The summed E-state index contributed by atoms with van der Waals surface area (Å²) in [5.74, 6) is 1.82. The number of halogens is 2. The molecule has 0 aliphatic heterocycles. The zero-order valence-electron chi connectivity index (χ0n) is 13.7. The zero-order valence-corrected chi connectivity index (χ0v) is 15.2. The van der Waals surface area contributed by atoms with E-state index in [2.05, 4.69) is 20.6 Å². The number of anilines is 4. The maximum atomic E-state index is 6.05. The molecule has 1 aromatic heterocycles. The highest BCUT2D eigenvalue weighted by Crippen LogP contribution is 2.28. The molecule has 0 saturated heterocycles. The fourth-order valence-corrected chi connectivity index (χ4v) is 2.58. The van der Waals surface area contributed by atoms with Crippen molar-refractivity contribution < 1.29 is 4.74 Å². The van der Waals surface area contributed by atoms with Gasteiger partial charge in [-0.1, -0.05) is 35.3 Å². The minimum absolute atomic E-state index is 0.465. The van der Waals surface area contributed by atoms with Crippen molar-refractivity contribution in [2.45, 2.75) is 6.92 Å². The molecular formula is C18H16Cl2N4O. The van der Waals surface area contributed by atoms with Crippen molar-refractivity contribution in [1.29, 1.82) is 0 Å². The van der Waals surface area contributed by atoms with E-state index in [0.717, 1.165) is 17.1 Å². The molecule has 0 spiro atoms. The summed E-state index contributed by atoms with van der Waals surface area (Å²) >= 11 is 12.0. The van der Waals surface area contributed by atoms with Crippen molar-refractivity contribution in [2.24, 2.45) is 0 Å². The number of ether oxygens (including phenoxy) is 1. The van der Waals surface area contributed by atoms with Crippen LogP contribution in [-0.4, -0.2) is 17.1 Å². The Morgan fingerprint density at radius 3 is 2.48 bits per heavy atom. The predicted molar refractivity (Wildman–Crippen MR) is 103 cm³/mol. The van der Waals surface area contributed by atoms with Crippen LogP contribution < -0.4 is 15.4 Å². The molecule has 0 amide bonds. The summed E-state index contributed by atoms with van der Waals surface area (Å²) in [6, 6.07) is 14.7. The van der Waals surface area contributed by atoms with Crippen LogP contribution in [0.2, 0.25) is 10.0 Å². The molecule has 5 nitrogen and oxygen atoms in total. The van der Waals surface area contributed by atoms with Crippen molar-refractivity contribution in [2.75, 3.05) is 17.7 Å². The fraction of sp³-hybridized carbons (Fsp3) is 0.111. The van der Waals surface area contributed by atoms with Gasteiger partial charge in [-0.2, -0.15) is 4.98 Å². The van der Waals surface area contributed by atoms with Crippen molar-refractivity contribution in [3.8, 4) is 5.75 Å². The lowest BCUT2D eigenvalue weighted by atomic mass is 10.3. The minimum Gasteiger partial charge on any atom is -0.495 e. The predicted octanol–water partition coefficient (Wildman–Crippen LogP) is 5.59. The number of methoxy groups -OCH3 is 1. The Balaban J connectivity index is 1.86. The van der Waals surface area contributed by atoms with Crippen LogP contribution in [0, 0.1) is 6.92 Å². The van der Waals surface area contributed by atoms with E-state index >= 15 is 0 Å². The monoisotopic (exact) mass is 374 g/mol. The fourth-order valence-electron chi connectivity index (χ4n) is 2.28. The summed E-state index contributed by atoms with van der Waals surface area (Å²) in [5.41, 5.74) is 2.39. The SMILES string of the molecule is COc1ccccc1Nc1nc(C)cc(Nc2ccc(Cl)c(Cl)c2)n1. The average molecular weight is 375 g/mol. The third kappa shape index (κ3) is 4.32. The Morgan fingerprint density at radius 2 is 1.72 bits per heavy atom. The molecule has 2 aromatic carbocycles. The topological polar surface area (TPSA) is 59.1 Å². The molecule has 0 aliphatic carbocycles. The first kappa shape index (κ1) is 17.3. The van der Waals surface area contributed by atoms with Crippen LogP contribution in [0.4, 0.5) is 23.1 Å². The molecule has 3 rings (SSSR count). The second kappa shape index (κ2) is 7.59. The van der Waals surface area contributed by atoms with Gasteiger partial charge in [0.15, 0.2) is 0 Å². The number of aryl methyl sites for hydroxylation is 1. The lowest BCUT2D eigenvalue weighted by molar-refractivity contribution is 0.417. The summed E-state index contributed by atoms with van der Waals surface area (Å²) in [6.45, 7) is 1.90. The smallest absolute Gasteiger partial charge is 0.229 e. The van der Waals surface area contributed by atoms with Gasteiger partial charge in [0, 0.05) is 17.4 Å². The van der Waals surface area contributed by atoms with E-state index in [-0.39, 0.29) is 0 Å². The van der Waals surface area contributed by atoms with E-state index in [1.807, 2.05) is 43.3 Å². The second-order valence-corrected chi connectivity index (χ2v) is 6.11. The molecule has 0 atom stereocenters. The highest BCUT2D eigenvalue weighted by atomic mass is 35.5. The van der Waals surface area contributed by atoms with Gasteiger partial charge in [-0.25, -0.2) is 4.98 Å². The molecule has 0 fully saturated rings. The Morgan fingerprint density at radius 1 is 0.920 bits per heavy atom. The zero-order chi connectivity index (χ0) is 17.8. The van der Waals surface area contributed by atoms with Crippen molar-refractivity contribution in [1.82, 2.24) is 9.97 Å². The molecule has 128 valence electrons. The van der Waals surface area contributed by atoms with Gasteiger partial charge < -0.3 is 15.4 Å². The first-order chi connectivity index (χ1) is 12.0. The van der Waals surface area contributed by atoms with Gasteiger partial charge >= 0.3 is 0 Å². The van der Waals surface area contributed by atoms with Gasteiger partial charge in [-0.3, -0.25) is 0 Å². The third-order valence-electron chi connectivity index (χ3n) is 3.40. The highest BCUT2D eigenvalue weighted by Gasteiger charge is 2.07. The Labute approximate surface area is 156 Å². The van der Waals surface area contributed by atoms with Gasteiger partial charge in [-0.05, 0) is 37.3 Å². The quantitative estimate of drug-likeness (QED) is 0.609. The van der Waals surface area contributed by atoms with E-state index in [1.165, 1.54) is 0 Å². The van der Waals surface area contributed by atoms with Crippen LogP contribution in [0.1, 0.15) is 5.69 Å². The number of benzene rings is 2. The molecule has 3 aromatic rings. The van der Waals surface area contributed by atoms with Crippen LogP contribution in [0.25, 0.3) is 0 Å². The van der Waals surface area contributed by atoms with E-state index in [9.17, 15) is 0 Å². The van der Waals surface area contributed by atoms with E-state index in [4.69, 9.17) is 27.9 Å². The van der Waals surface area contributed by atoms with E-state index in [1.54, 1.807) is 19.2 Å². The molecule has 0 saturated carbocycles. The normalized spacial score (nSPS) is 10.4. The Bertz CT molecular complexity index is 902. The molecule has 1 heterocycles. The maximum Gasteiger partial charge on any atom is 0.229 e. The van der Waals surface area contributed by atoms with Crippen LogP contribution >= 0.6 is 23.2 Å². The number of nitrogens with zero attached hydrogens (tertiary/aromatic N) is 2. The van der Waals surface area contributed by atoms with Gasteiger partial charge in [0.1, 0.15) is 11.6 Å². The average Bonchev–Trinajstić information content (AvgIpc) is 2.58. The number of aromatic nitrogens is 2. The molecule has 2 N–H and O–H groups in total. The lowest BCUT2D eigenvalue weighted by Gasteiger charge is -2.12. The molecule has 0 aliphatic rings. The number of nitrogens with one attached hydrogen (secondary N) is 2. The number of rotatable bonds is 5. The summed E-state index contributed by atoms with van der Waals surface area (Å²) in [5, 5.41) is 7.36. The number of para-hydroxylation sites is 2. The molecular weight excluding hydrogens is 359 g/mol. The lowest BCUT2D eigenvalue weighted by Crippen LogP contribution is -2.03. The molecule has 0 radical (unpaired) electrons. The van der Waals surface area contributed by atoms with Gasteiger partial charge in [0.25, 0.3) is 0 Å².